The van der Waals surface area contributed by atoms with Crippen molar-refractivity contribution in [2.45, 2.75) is 69.5 Å². The lowest BCUT2D eigenvalue weighted by Gasteiger charge is -2.34. The number of aromatic nitrogens is 1. The molecule has 0 aliphatic heterocycles. The molecule has 0 radical (unpaired) electrons. The first-order valence-electron chi connectivity index (χ1n) is 10.1. The van der Waals surface area contributed by atoms with Crippen LogP contribution in [0.1, 0.15) is 55.3 Å². The van der Waals surface area contributed by atoms with Gasteiger partial charge in [-0.2, -0.15) is 0 Å². The zero-order chi connectivity index (χ0) is 18.9. The average molecular weight is 371 g/mol. The van der Waals surface area contributed by atoms with Gasteiger partial charge in [0.15, 0.2) is 0 Å². The van der Waals surface area contributed by atoms with E-state index in [1.165, 1.54) is 40.6 Å². The Hall–Kier alpha value is -1.85. The Morgan fingerprint density at radius 1 is 1.30 bits per heavy atom. The maximum atomic E-state index is 10.8. The molecule has 2 atom stereocenters. The number of aromatic amines is 1. The monoisotopic (exact) mass is 371 g/mol. The lowest BCUT2D eigenvalue weighted by molar-refractivity contribution is -0.142. The van der Waals surface area contributed by atoms with Crippen LogP contribution in [0.2, 0.25) is 0 Å². The number of hydrogen-bond donors (Lipinski definition) is 2. The summed E-state index contributed by atoms with van der Waals surface area (Å²) in [6, 6.07) is 6.71. The summed E-state index contributed by atoms with van der Waals surface area (Å²) >= 11 is 0. The molecule has 5 heteroatoms. The summed E-state index contributed by atoms with van der Waals surface area (Å²) in [5.41, 5.74) is 5.04. The fourth-order valence-corrected chi connectivity index (χ4v) is 4.95. The molecule has 1 aromatic heterocycles. The van der Waals surface area contributed by atoms with E-state index in [9.17, 15) is 4.79 Å². The van der Waals surface area contributed by atoms with Crippen LogP contribution in [0, 0.1) is 0 Å². The number of hydrogen-bond acceptors (Lipinski definition) is 3. The van der Waals surface area contributed by atoms with Gasteiger partial charge in [-0.1, -0.05) is 6.07 Å². The Morgan fingerprint density at radius 3 is 2.96 bits per heavy atom. The summed E-state index contributed by atoms with van der Waals surface area (Å²) in [7, 11) is 1.76. The molecule has 2 unspecified atom stereocenters. The van der Waals surface area contributed by atoms with E-state index >= 15 is 0 Å². The minimum atomic E-state index is -0.821. The first kappa shape index (κ1) is 18.5. The quantitative estimate of drug-likeness (QED) is 0.771. The Morgan fingerprint density at radius 2 is 2.15 bits per heavy atom. The molecule has 1 heterocycles. The van der Waals surface area contributed by atoms with Gasteiger partial charge in [0, 0.05) is 30.1 Å². The molecular weight excluding hydrogens is 342 g/mol. The molecule has 0 amide bonds. The molecule has 1 aromatic carbocycles. The zero-order valence-corrected chi connectivity index (χ0v) is 16.1. The van der Waals surface area contributed by atoms with Crippen LogP contribution in [-0.2, 0) is 33.5 Å². The van der Waals surface area contributed by atoms with Gasteiger partial charge in [-0.3, -0.25) is 4.79 Å². The van der Waals surface area contributed by atoms with Crippen LogP contribution in [0.25, 0.3) is 10.9 Å². The molecule has 2 aliphatic rings. The van der Waals surface area contributed by atoms with Crippen LogP contribution in [0.5, 0.6) is 0 Å². The lowest BCUT2D eigenvalue weighted by Crippen LogP contribution is -2.43. The third-order valence-corrected chi connectivity index (χ3v) is 6.36. The number of carboxylic acid groups (broad SMARTS) is 1. The van der Waals surface area contributed by atoms with E-state index in [4.69, 9.17) is 14.6 Å². The Labute approximate surface area is 160 Å². The van der Waals surface area contributed by atoms with Crippen LogP contribution in [0.3, 0.4) is 0 Å². The van der Waals surface area contributed by atoms with Gasteiger partial charge in [0.1, 0.15) is 0 Å². The van der Waals surface area contributed by atoms with Gasteiger partial charge in [-0.15, -0.1) is 0 Å². The normalized spacial score (nSPS) is 25.0. The summed E-state index contributed by atoms with van der Waals surface area (Å²) in [5.74, 6) is -0.821. The minimum absolute atomic E-state index is 0.0394. The minimum Gasteiger partial charge on any atom is -0.481 e. The van der Waals surface area contributed by atoms with Crippen molar-refractivity contribution >= 4 is 16.9 Å². The second-order valence-electron chi connectivity index (χ2n) is 8.01. The van der Waals surface area contributed by atoms with E-state index in [1.807, 2.05) is 0 Å². The van der Waals surface area contributed by atoms with Crippen molar-refractivity contribution in [1.82, 2.24) is 4.98 Å². The van der Waals surface area contributed by atoms with E-state index < -0.39 is 5.97 Å². The van der Waals surface area contributed by atoms with Gasteiger partial charge in [0.2, 0.25) is 0 Å². The molecule has 2 N–H and O–H groups in total. The first-order chi connectivity index (χ1) is 13.1. The Balaban J connectivity index is 1.56. The molecule has 146 valence electrons. The zero-order valence-electron chi connectivity index (χ0n) is 16.1. The molecule has 0 spiro atoms. The van der Waals surface area contributed by atoms with Crippen LogP contribution in [0.15, 0.2) is 18.2 Å². The SMILES string of the molecule is COC1(Cc2ccc3[nH]c4c(c3c2)CCCC4)CCCC1OCCC(=O)O. The largest absolute Gasteiger partial charge is 0.481 e. The van der Waals surface area contributed by atoms with Crippen LogP contribution >= 0.6 is 0 Å². The van der Waals surface area contributed by atoms with E-state index in [0.29, 0.717) is 0 Å². The van der Waals surface area contributed by atoms with Gasteiger partial charge in [-0.05, 0) is 68.2 Å². The molecule has 4 rings (SSSR count). The number of benzene rings is 1. The van der Waals surface area contributed by atoms with Crippen molar-refractivity contribution < 1.29 is 19.4 Å². The molecule has 0 saturated heterocycles. The number of nitrogens with one attached hydrogen (secondary N) is 1. The number of carboxylic acids is 1. The number of H-pyrrole nitrogens is 1. The lowest BCUT2D eigenvalue weighted by atomic mass is 9.89. The Bertz CT molecular complexity index is 827. The van der Waals surface area contributed by atoms with Crippen LogP contribution in [-0.4, -0.2) is 41.5 Å². The predicted molar refractivity (Wildman–Crippen MR) is 104 cm³/mol. The molecular formula is C22H29NO4. The summed E-state index contributed by atoms with van der Waals surface area (Å²) < 4.78 is 11.9. The fraction of sp³-hybridized carbons (Fsp3) is 0.591. The van der Waals surface area contributed by atoms with Gasteiger partial charge in [0.05, 0.1) is 24.7 Å². The summed E-state index contributed by atoms with van der Waals surface area (Å²) in [4.78, 5) is 14.4. The van der Waals surface area contributed by atoms with Crippen molar-refractivity contribution in [1.29, 1.82) is 0 Å². The summed E-state index contributed by atoms with van der Waals surface area (Å²) in [6.45, 7) is 0.245. The number of carbonyl (C=O) groups is 1. The fourth-order valence-electron chi connectivity index (χ4n) is 4.95. The molecule has 2 aromatic rings. The average Bonchev–Trinajstić information content (AvgIpc) is 3.23. The highest BCUT2D eigenvalue weighted by Crippen LogP contribution is 2.39. The molecule has 1 saturated carbocycles. The highest BCUT2D eigenvalue weighted by Gasteiger charge is 2.44. The number of ether oxygens (including phenoxy) is 2. The third kappa shape index (κ3) is 3.63. The van der Waals surface area contributed by atoms with Crippen LogP contribution < -0.4 is 0 Å². The Kier molecular flexibility index (Phi) is 5.24. The van der Waals surface area contributed by atoms with Crippen molar-refractivity contribution in [3.05, 3.63) is 35.0 Å². The van der Waals surface area contributed by atoms with E-state index in [1.54, 1.807) is 7.11 Å². The summed E-state index contributed by atoms with van der Waals surface area (Å²) in [6.07, 6.45) is 8.58. The maximum Gasteiger partial charge on any atom is 0.305 e. The van der Waals surface area contributed by atoms with Gasteiger partial charge < -0.3 is 19.6 Å². The molecule has 2 aliphatic carbocycles. The molecule has 5 nitrogen and oxygen atoms in total. The highest BCUT2D eigenvalue weighted by molar-refractivity contribution is 5.85. The van der Waals surface area contributed by atoms with Gasteiger partial charge in [-0.25, -0.2) is 0 Å². The van der Waals surface area contributed by atoms with Crippen molar-refractivity contribution in [2.24, 2.45) is 0 Å². The van der Waals surface area contributed by atoms with Crippen LogP contribution in [0.4, 0.5) is 0 Å². The van der Waals surface area contributed by atoms with E-state index in [0.717, 1.165) is 38.5 Å². The second-order valence-corrected chi connectivity index (χ2v) is 8.01. The molecule has 1 fully saturated rings. The van der Waals surface area contributed by atoms with E-state index in [2.05, 4.69) is 23.2 Å². The molecule has 27 heavy (non-hydrogen) atoms. The molecule has 0 bridgehead atoms. The topological polar surface area (TPSA) is 71.5 Å². The summed E-state index contributed by atoms with van der Waals surface area (Å²) in [5, 5.41) is 10.2. The van der Waals surface area contributed by atoms with Gasteiger partial charge in [0.25, 0.3) is 0 Å². The first-order valence-corrected chi connectivity index (χ1v) is 10.1. The standard InChI is InChI=1S/C22H29NO4/c1-26-22(11-4-7-20(22)27-12-10-21(24)25)14-15-8-9-19-17(13-15)16-5-2-3-6-18(16)23-19/h8-9,13,20,23H,2-7,10-12,14H2,1H3,(H,24,25). The number of aliphatic carboxylic acids is 1. The number of methoxy groups -OCH3 is 1. The van der Waals surface area contributed by atoms with Crippen molar-refractivity contribution in [3.8, 4) is 0 Å². The van der Waals surface area contributed by atoms with E-state index in [-0.39, 0.29) is 24.7 Å². The highest BCUT2D eigenvalue weighted by atomic mass is 16.5. The van der Waals surface area contributed by atoms with Gasteiger partial charge >= 0.3 is 5.97 Å². The third-order valence-electron chi connectivity index (χ3n) is 6.36. The van der Waals surface area contributed by atoms with Crippen molar-refractivity contribution in [2.75, 3.05) is 13.7 Å². The second kappa shape index (κ2) is 7.64. The maximum absolute atomic E-state index is 10.8. The predicted octanol–water partition coefficient (Wildman–Crippen LogP) is 4.02. The smallest absolute Gasteiger partial charge is 0.305 e. The number of aryl methyl sites for hydroxylation is 2. The number of fused-ring (bicyclic) bond motifs is 3. The van der Waals surface area contributed by atoms with Crippen molar-refractivity contribution in [3.63, 3.8) is 0 Å². The number of rotatable bonds is 7.